The minimum atomic E-state index is -3.75. The van der Waals surface area contributed by atoms with Crippen LogP contribution in [0.5, 0.6) is 0 Å². The van der Waals surface area contributed by atoms with Gasteiger partial charge in [0.15, 0.2) is 0 Å². The highest BCUT2D eigenvalue weighted by molar-refractivity contribution is 7.89. The lowest BCUT2D eigenvalue weighted by Crippen LogP contribution is -2.54. The van der Waals surface area contributed by atoms with E-state index in [1.807, 2.05) is 20.8 Å². The summed E-state index contributed by atoms with van der Waals surface area (Å²) >= 11 is 12.3. The molecule has 1 amide bonds. The molecule has 0 radical (unpaired) electrons. The van der Waals surface area contributed by atoms with Crippen molar-refractivity contribution in [3.05, 3.63) is 64.1 Å². The smallest absolute Gasteiger partial charge is 0.243 e. The van der Waals surface area contributed by atoms with Crippen LogP contribution in [0.4, 0.5) is 0 Å². The standard InChI is InChI=1S/C21H24Cl2N2O3S/c1-21(2,3)20(26)24-11-12-25(29(27,28)16-7-5-4-6-8-16)19(14-24)15-9-10-17(22)18(23)13-15/h4-10,13,19H,11-12,14H2,1-3H3. The van der Waals surface area contributed by atoms with E-state index in [2.05, 4.69) is 0 Å². The molecule has 29 heavy (non-hydrogen) atoms. The molecule has 1 atom stereocenters. The maximum absolute atomic E-state index is 13.4. The van der Waals surface area contributed by atoms with Crippen molar-refractivity contribution in [1.82, 2.24) is 9.21 Å². The molecular weight excluding hydrogens is 431 g/mol. The Labute approximate surface area is 182 Å². The first-order valence-corrected chi connectivity index (χ1v) is 11.5. The number of carbonyl (C=O) groups is 1. The van der Waals surface area contributed by atoms with Crippen LogP contribution in [-0.2, 0) is 14.8 Å². The van der Waals surface area contributed by atoms with Gasteiger partial charge in [-0.05, 0) is 29.8 Å². The van der Waals surface area contributed by atoms with Crippen LogP contribution >= 0.6 is 23.2 Å². The summed E-state index contributed by atoms with van der Waals surface area (Å²) in [4.78, 5) is 14.8. The maximum atomic E-state index is 13.4. The van der Waals surface area contributed by atoms with E-state index in [4.69, 9.17) is 23.2 Å². The zero-order valence-electron chi connectivity index (χ0n) is 16.6. The number of nitrogens with zero attached hydrogens (tertiary/aromatic N) is 2. The van der Waals surface area contributed by atoms with Gasteiger partial charge >= 0.3 is 0 Å². The average molecular weight is 455 g/mol. The average Bonchev–Trinajstić information content (AvgIpc) is 2.69. The van der Waals surface area contributed by atoms with E-state index < -0.39 is 21.5 Å². The van der Waals surface area contributed by atoms with Gasteiger partial charge in [0.2, 0.25) is 15.9 Å². The molecule has 0 saturated carbocycles. The fourth-order valence-corrected chi connectivity index (χ4v) is 5.36. The topological polar surface area (TPSA) is 57.7 Å². The number of sulfonamides is 1. The van der Waals surface area contributed by atoms with Gasteiger partial charge in [-0.3, -0.25) is 4.79 Å². The monoisotopic (exact) mass is 454 g/mol. The summed E-state index contributed by atoms with van der Waals surface area (Å²) in [6, 6.07) is 12.8. The summed E-state index contributed by atoms with van der Waals surface area (Å²) in [6.07, 6.45) is 0. The van der Waals surface area contributed by atoms with Gasteiger partial charge < -0.3 is 4.90 Å². The van der Waals surface area contributed by atoms with Gasteiger partial charge in [0.1, 0.15) is 0 Å². The molecule has 8 heteroatoms. The van der Waals surface area contributed by atoms with Gasteiger partial charge in [-0.1, -0.05) is 68.2 Å². The zero-order chi connectivity index (χ0) is 21.4. The third-order valence-electron chi connectivity index (χ3n) is 4.94. The summed E-state index contributed by atoms with van der Waals surface area (Å²) in [5.41, 5.74) is 0.146. The molecule has 0 bridgehead atoms. The molecule has 2 aromatic carbocycles. The third kappa shape index (κ3) is 4.61. The molecule has 0 aromatic heterocycles. The van der Waals surface area contributed by atoms with Gasteiger partial charge in [-0.2, -0.15) is 4.31 Å². The molecule has 1 aliphatic heterocycles. The third-order valence-corrected chi connectivity index (χ3v) is 7.60. The summed E-state index contributed by atoms with van der Waals surface area (Å²) in [6.45, 7) is 6.35. The molecule has 0 N–H and O–H groups in total. The molecule has 156 valence electrons. The van der Waals surface area contributed by atoms with Crippen molar-refractivity contribution in [2.24, 2.45) is 5.41 Å². The number of piperazine rings is 1. The first-order chi connectivity index (χ1) is 13.5. The number of benzene rings is 2. The highest BCUT2D eigenvalue weighted by atomic mass is 35.5. The minimum absolute atomic E-state index is 0.0145. The number of rotatable bonds is 3. The predicted octanol–water partition coefficient (Wildman–Crippen LogP) is 4.61. The van der Waals surface area contributed by atoms with Crippen LogP contribution < -0.4 is 0 Å². The fourth-order valence-electron chi connectivity index (χ4n) is 3.43. The summed E-state index contributed by atoms with van der Waals surface area (Å²) in [5.74, 6) is -0.0145. The molecule has 5 nitrogen and oxygen atoms in total. The van der Waals surface area contributed by atoms with E-state index in [9.17, 15) is 13.2 Å². The quantitative estimate of drug-likeness (QED) is 0.679. The Kier molecular flexibility index (Phi) is 6.30. The van der Waals surface area contributed by atoms with Crippen LogP contribution in [-0.4, -0.2) is 43.2 Å². The lowest BCUT2D eigenvalue weighted by atomic mass is 9.93. The van der Waals surface area contributed by atoms with Crippen molar-refractivity contribution in [1.29, 1.82) is 0 Å². The normalized spacial score (nSPS) is 18.7. The number of carbonyl (C=O) groups excluding carboxylic acids is 1. The maximum Gasteiger partial charge on any atom is 0.243 e. The lowest BCUT2D eigenvalue weighted by molar-refractivity contribution is -0.141. The summed E-state index contributed by atoms with van der Waals surface area (Å²) in [7, 11) is -3.75. The number of amides is 1. The molecular formula is C21H24Cl2N2O3S. The SMILES string of the molecule is CC(C)(C)C(=O)N1CCN(S(=O)(=O)c2ccccc2)C(c2ccc(Cl)c(Cl)c2)C1. The van der Waals surface area contributed by atoms with E-state index in [-0.39, 0.29) is 23.9 Å². The van der Waals surface area contributed by atoms with E-state index >= 15 is 0 Å². The van der Waals surface area contributed by atoms with Gasteiger partial charge in [0.25, 0.3) is 0 Å². The fraction of sp³-hybridized carbons (Fsp3) is 0.381. The Morgan fingerprint density at radius 3 is 2.24 bits per heavy atom. The lowest BCUT2D eigenvalue weighted by Gasteiger charge is -2.42. The van der Waals surface area contributed by atoms with Crippen LogP contribution in [0.2, 0.25) is 10.0 Å². The van der Waals surface area contributed by atoms with Gasteiger partial charge in [-0.15, -0.1) is 0 Å². The predicted molar refractivity (Wildman–Crippen MR) is 116 cm³/mol. The molecule has 1 fully saturated rings. The van der Waals surface area contributed by atoms with Gasteiger partial charge in [0, 0.05) is 25.0 Å². The highest BCUT2D eigenvalue weighted by Crippen LogP contribution is 2.35. The van der Waals surface area contributed by atoms with Crippen LogP contribution in [0, 0.1) is 5.41 Å². The second kappa shape index (κ2) is 8.26. The molecule has 2 aromatic rings. The molecule has 3 rings (SSSR count). The van der Waals surface area contributed by atoms with Crippen LogP contribution in [0.25, 0.3) is 0 Å². The first kappa shape index (κ1) is 22.1. The van der Waals surface area contributed by atoms with Crippen molar-refractivity contribution in [2.75, 3.05) is 19.6 Å². The minimum Gasteiger partial charge on any atom is -0.339 e. The van der Waals surface area contributed by atoms with E-state index in [0.717, 1.165) is 0 Å². The van der Waals surface area contributed by atoms with Crippen LogP contribution in [0.1, 0.15) is 32.4 Å². The number of hydrogen-bond donors (Lipinski definition) is 0. The molecule has 1 unspecified atom stereocenters. The van der Waals surface area contributed by atoms with Crippen LogP contribution in [0.3, 0.4) is 0 Å². The first-order valence-electron chi connectivity index (χ1n) is 9.33. The molecule has 0 spiro atoms. The van der Waals surface area contributed by atoms with Crippen molar-refractivity contribution >= 4 is 39.1 Å². The van der Waals surface area contributed by atoms with Crippen molar-refractivity contribution < 1.29 is 13.2 Å². The van der Waals surface area contributed by atoms with Gasteiger partial charge in [-0.25, -0.2) is 8.42 Å². The Morgan fingerprint density at radius 1 is 1.00 bits per heavy atom. The van der Waals surface area contributed by atoms with Crippen molar-refractivity contribution in [3.8, 4) is 0 Å². The zero-order valence-corrected chi connectivity index (χ0v) is 18.9. The molecule has 1 saturated heterocycles. The van der Waals surface area contributed by atoms with Crippen LogP contribution in [0.15, 0.2) is 53.4 Å². The van der Waals surface area contributed by atoms with Crippen molar-refractivity contribution in [2.45, 2.75) is 31.7 Å². The Balaban J connectivity index is 2.03. The van der Waals surface area contributed by atoms with E-state index in [1.54, 1.807) is 53.4 Å². The number of hydrogen-bond acceptors (Lipinski definition) is 3. The van der Waals surface area contributed by atoms with Gasteiger partial charge in [0.05, 0.1) is 21.0 Å². The largest absolute Gasteiger partial charge is 0.339 e. The molecule has 1 aliphatic rings. The second-order valence-corrected chi connectivity index (χ2v) is 10.8. The highest BCUT2D eigenvalue weighted by Gasteiger charge is 2.40. The Bertz CT molecular complexity index is 1000. The second-order valence-electron chi connectivity index (χ2n) is 8.12. The van der Waals surface area contributed by atoms with E-state index in [0.29, 0.717) is 22.2 Å². The summed E-state index contributed by atoms with van der Waals surface area (Å²) in [5, 5.41) is 0.742. The number of halogens is 2. The summed E-state index contributed by atoms with van der Waals surface area (Å²) < 4.78 is 28.2. The van der Waals surface area contributed by atoms with Crippen molar-refractivity contribution in [3.63, 3.8) is 0 Å². The Morgan fingerprint density at radius 2 is 1.66 bits per heavy atom. The van der Waals surface area contributed by atoms with E-state index in [1.165, 1.54) is 4.31 Å². The molecule has 1 heterocycles. The Hall–Kier alpha value is -1.60. The molecule has 0 aliphatic carbocycles.